The van der Waals surface area contributed by atoms with Crippen LogP contribution in [0.4, 0.5) is 5.82 Å². The van der Waals surface area contributed by atoms with Crippen molar-refractivity contribution in [1.82, 2.24) is 19.9 Å². The first-order valence-electron chi connectivity index (χ1n) is 5.99. The van der Waals surface area contributed by atoms with Crippen LogP contribution in [0.2, 0.25) is 0 Å². The summed E-state index contributed by atoms with van der Waals surface area (Å²) in [5.74, 6) is 2.82. The Bertz CT molecular complexity index is 476. The van der Waals surface area contributed by atoms with E-state index in [1.54, 1.807) is 12.3 Å². The zero-order chi connectivity index (χ0) is 11.5. The topological polar surface area (TPSA) is 68.8 Å². The lowest BCUT2D eigenvalue weighted by atomic mass is 10.2. The number of aromatic nitrogens is 4. The lowest BCUT2D eigenvalue weighted by Gasteiger charge is -2.06. The van der Waals surface area contributed by atoms with Crippen molar-refractivity contribution in [3.8, 4) is 0 Å². The third-order valence-corrected chi connectivity index (χ3v) is 3.05. The number of hydrogen-bond donors (Lipinski definition) is 1. The molecule has 1 aliphatic rings. The molecule has 1 N–H and O–H groups in total. The molecule has 0 aliphatic carbocycles. The van der Waals surface area contributed by atoms with Crippen LogP contribution in [0.3, 0.4) is 0 Å². The first-order chi connectivity index (χ1) is 8.43. The van der Waals surface area contributed by atoms with E-state index in [1.165, 1.54) is 19.3 Å². The van der Waals surface area contributed by atoms with E-state index in [9.17, 15) is 0 Å². The fourth-order valence-corrected chi connectivity index (χ4v) is 2.15. The highest BCUT2D eigenvalue weighted by Crippen LogP contribution is 2.15. The zero-order valence-electron chi connectivity index (χ0n) is 9.59. The second-order valence-corrected chi connectivity index (χ2v) is 4.23. The summed E-state index contributed by atoms with van der Waals surface area (Å²) < 4.78 is 6.98. The molecule has 3 rings (SSSR count). The Kier molecular flexibility index (Phi) is 2.77. The van der Waals surface area contributed by atoms with Crippen molar-refractivity contribution in [1.29, 1.82) is 0 Å². The molecule has 0 unspecified atom stereocenters. The normalized spacial score (nSPS) is 15.3. The van der Waals surface area contributed by atoms with Gasteiger partial charge in [-0.05, 0) is 12.8 Å². The molecule has 0 bridgehead atoms. The largest absolute Gasteiger partial charge is 0.363 e. The molecule has 0 atom stereocenters. The van der Waals surface area contributed by atoms with E-state index in [1.807, 2.05) is 0 Å². The first kappa shape index (κ1) is 10.3. The molecular formula is C11H15N5O. The van der Waals surface area contributed by atoms with Gasteiger partial charge in [-0.15, -0.1) is 10.2 Å². The Morgan fingerprint density at radius 2 is 2.29 bits per heavy atom. The summed E-state index contributed by atoms with van der Waals surface area (Å²) in [6.45, 7) is 1.66. The van der Waals surface area contributed by atoms with Gasteiger partial charge < -0.3 is 14.4 Å². The highest BCUT2D eigenvalue weighted by molar-refractivity contribution is 5.30. The molecule has 6 nitrogen and oxygen atoms in total. The molecule has 0 saturated heterocycles. The smallest absolute Gasteiger partial charge is 0.169 e. The Labute approximate surface area is 99.0 Å². The number of hydrogen-bond acceptors (Lipinski definition) is 5. The van der Waals surface area contributed by atoms with Gasteiger partial charge >= 0.3 is 0 Å². The molecule has 0 amide bonds. The summed E-state index contributed by atoms with van der Waals surface area (Å²) in [5, 5.41) is 15.4. The van der Waals surface area contributed by atoms with Crippen molar-refractivity contribution in [2.45, 2.75) is 38.8 Å². The Balaban J connectivity index is 1.73. The molecule has 6 heteroatoms. The van der Waals surface area contributed by atoms with Crippen molar-refractivity contribution in [2.24, 2.45) is 0 Å². The van der Waals surface area contributed by atoms with Crippen LogP contribution in [-0.2, 0) is 19.5 Å². The van der Waals surface area contributed by atoms with Gasteiger partial charge in [0, 0.05) is 19.0 Å². The van der Waals surface area contributed by atoms with Crippen LogP contribution in [0.15, 0.2) is 16.9 Å². The molecule has 0 aromatic carbocycles. The van der Waals surface area contributed by atoms with E-state index in [4.69, 9.17) is 4.52 Å². The van der Waals surface area contributed by atoms with E-state index in [-0.39, 0.29) is 0 Å². The number of anilines is 1. The summed E-state index contributed by atoms with van der Waals surface area (Å²) in [4.78, 5) is 0. The second kappa shape index (κ2) is 4.57. The highest BCUT2D eigenvalue weighted by atomic mass is 16.5. The van der Waals surface area contributed by atoms with E-state index in [0.29, 0.717) is 6.54 Å². The second-order valence-electron chi connectivity index (χ2n) is 4.23. The number of nitrogens with one attached hydrogen (secondary N) is 1. The Morgan fingerprint density at radius 1 is 1.29 bits per heavy atom. The van der Waals surface area contributed by atoms with Crippen molar-refractivity contribution in [3.05, 3.63) is 24.0 Å². The molecule has 90 valence electrons. The van der Waals surface area contributed by atoms with Gasteiger partial charge in [-0.25, -0.2) is 0 Å². The SMILES string of the molecule is c1cc(NCc2nnc3n2CCCCC3)no1. The summed E-state index contributed by atoms with van der Waals surface area (Å²) in [6, 6.07) is 1.79. The molecule has 17 heavy (non-hydrogen) atoms. The van der Waals surface area contributed by atoms with Crippen molar-refractivity contribution < 1.29 is 4.52 Å². The van der Waals surface area contributed by atoms with Gasteiger partial charge in [0.25, 0.3) is 0 Å². The van der Waals surface area contributed by atoms with Gasteiger partial charge in [0.15, 0.2) is 11.6 Å². The molecule has 2 aromatic heterocycles. The zero-order valence-corrected chi connectivity index (χ0v) is 9.59. The standard InChI is InChI=1S/C11H15N5O/c1-2-4-10-13-14-11(16(10)6-3-1)8-12-9-5-7-17-15-9/h5,7H,1-4,6,8H2,(H,12,15). The molecule has 1 aliphatic heterocycles. The van der Waals surface area contributed by atoms with E-state index < -0.39 is 0 Å². The number of rotatable bonds is 3. The maximum Gasteiger partial charge on any atom is 0.169 e. The van der Waals surface area contributed by atoms with Gasteiger partial charge in [-0.2, -0.15) is 0 Å². The quantitative estimate of drug-likeness (QED) is 0.872. The van der Waals surface area contributed by atoms with Crippen LogP contribution in [-0.4, -0.2) is 19.9 Å². The van der Waals surface area contributed by atoms with Gasteiger partial charge in [-0.3, -0.25) is 0 Å². The molecule has 3 heterocycles. The van der Waals surface area contributed by atoms with E-state index in [2.05, 4.69) is 25.2 Å². The van der Waals surface area contributed by atoms with Crippen LogP contribution < -0.4 is 5.32 Å². The van der Waals surface area contributed by atoms with Crippen LogP contribution in [0.25, 0.3) is 0 Å². The predicted octanol–water partition coefficient (Wildman–Crippen LogP) is 1.60. The molecule has 2 aromatic rings. The lowest BCUT2D eigenvalue weighted by molar-refractivity contribution is 0.422. The van der Waals surface area contributed by atoms with Gasteiger partial charge in [0.1, 0.15) is 12.1 Å². The number of nitrogens with zero attached hydrogens (tertiary/aromatic N) is 4. The van der Waals surface area contributed by atoms with Gasteiger partial charge in [-0.1, -0.05) is 11.6 Å². The monoisotopic (exact) mass is 233 g/mol. The molecular weight excluding hydrogens is 218 g/mol. The molecule has 0 saturated carbocycles. The average Bonchev–Trinajstić information content (AvgIpc) is 2.92. The average molecular weight is 233 g/mol. The minimum Gasteiger partial charge on any atom is -0.363 e. The van der Waals surface area contributed by atoms with E-state index in [0.717, 1.165) is 30.4 Å². The van der Waals surface area contributed by atoms with E-state index >= 15 is 0 Å². The fraction of sp³-hybridized carbons (Fsp3) is 0.545. The number of aryl methyl sites for hydroxylation is 1. The van der Waals surface area contributed by atoms with Crippen LogP contribution in [0.5, 0.6) is 0 Å². The third kappa shape index (κ3) is 2.15. The minimum absolute atomic E-state index is 0.638. The number of fused-ring (bicyclic) bond motifs is 1. The first-order valence-corrected chi connectivity index (χ1v) is 5.99. The highest BCUT2D eigenvalue weighted by Gasteiger charge is 2.14. The summed E-state index contributed by atoms with van der Waals surface area (Å²) in [5.41, 5.74) is 0. The molecule has 0 fully saturated rings. The van der Waals surface area contributed by atoms with Gasteiger partial charge in [0.05, 0.1) is 6.54 Å². The minimum atomic E-state index is 0.638. The Hall–Kier alpha value is -1.85. The summed E-state index contributed by atoms with van der Waals surface area (Å²) in [7, 11) is 0. The maximum atomic E-state index is 4.76. The van der Waals surface area contributed by atoms with Crippen molar-refractivity contribution in [3.63, 3.8) is 0 Å². The van der Waals surface area contributed by atoms with Crippen molar-refractivity contribution >= 4 is 5.82 Å². The lowest BCUT2D eigenvalue weighted by Crippen LogP contribution is -2.10. The molecule has 0 radical (unpaired) electrons. The van der Waals surface area contributed by atoms with Crippen molar-refractivity contribution in [2.75, 3.05) is 5.32 Å². The summed E-state index contributed by atoms with van der Waals surface area (Å²) in [6.07, 6.45) is 6.29. The van der Waals surface area contributed by atoms with Crippen LogP contribution >= 0.6 is 0 Å². The molecule has 0 spiro atoms. The van der Waals surface area contributed by atoms with Crippen LogP contribution in [0, 0.1) is 0 Å². The maximum absolute atomic E-state index is 4.76. The third-order valence-electron chi connectivity index (χ3n) is 3.05. The van der Waals surface area contributed by atoms with Gasteiger partial charge in [0.2, 0.25) is 0 Å². The van der Waals surface area contributed by atoms with Crippen LogP contribution in [0.1, 0.15) is 30.9 Å². The Morgan fingerprint density at radius 3 is 3.18 bits per heavy atom. The predicted molar refractivity (Wildman–Crippen MR) is 61.4 cm³/mol. The summed E-state index contributed by atoms with van der Waals surface area (Å²) >= 11 is 0. The fourth-order valence-electron chi connectivity index (χ4n) is 2.15.